The number of rotatable bonds is 2. The lowest BCUT2D eigenvalue weighted by Gasteiger charge is -2.13. The zero-order valence-corrected chi connectivity index (χ0v) is 10.5. The normalized spacial score (nSPS) is 14.6. The van der Waals surface area contributed by atoms with Crippen LogP contribution in [0.5, 0.6) is 0 Å². The van der Waals surface area contributed by atoms with Crippen molar-refractivity contribution in [3.8, 4) is 0 Å². The number of benzene rings is 1. The van der Waals surface area contributed by atoms with Crippen LogP contribution in [-0.4, -0.2) is 15.3 Å². The van der Waals surface area contributed by atoms with Gasteiger partial charge in [-0.25, -0.2) is 4.98 Å². The Morgan fingerprint density at radius 3 is 2.78 bits per heavy atom. The van der Waals surface area contributed by atoms with E-state index < -0.39 is 0 Å². The molecule has 0 saturated carbocycles. The molecule has 3 nitrogen and oxygen atoms in total. The van der Waals surface area contributed by atoms with Crippen LogP contribution in [0.25, 0.3) is 0 Å². The Hall–Kier alpha value is -1.90. The molecule has 1 aromatic carbocycles. The molecule has 3 rings (SSSR count). The Labute approximate surface area is 106 Å². The zero-order valence-electron chi connectivity index (χ0n) is 10.5. The number of carbonyl (C=O) groups excluding carboxylic acids is 1. The first-order valence-corrected chi connectivity index (χ1v) is 6.39. The highest BCUT2D eigenvalue weighted by atomic mass is 16.1. The van der Waals surface area contributed by atoms with E-state index in [0.717, 1.165) is 36.6 Å². The highest BCUT2D eigenvalue weighted by Crippen LogP contribution is 2.23. The fourth-order valence-corrected chi connectivity index (χ4v) is 2.61. The van der Waals surface area contributed by atoms with E-state index in [9.17, 15) is 4.79 Å². The average molecular weight is 240 g/mol. The maximum Gasteiger partial charge on any atom is 0.181 e. The molecular weight excluding hydrogens is 224 g/mol. The van der Waals surface area contributed by atoms with Gasteiger partial charge in [-0.15, -0.1) is 0 Å². The van der Waals surface area contributed by atoms with Crippen molar-refractivity contribution in [2.45, 2.75) is 32.7 Å². The molecule has 1 aliphatic rings. The maximum atomic E-state index is 12.0. The lowest BCUT2D eigenvalue weighted by molar-refractivity contribution is 0.0963. The third-order valence-corrected chi connectivity index (χ3v) is 3.50. The van der Waals surface area contributed by atoms with Crippen LogP contribution >= 0.6 is 0 Å². The molecule has 0 saturated heterocycles. The van der Waals surface area contributed by atoms with Crippen LogP contribution in [0.15, 0.2) is 30.3 Å². The number of ketones is 1. The van der Waals surface area contributed by atoms with Gasteiger partial charge in [0, 0.05) is 13.0 Å². The molecule has 0 bridgehead atoms. The molecule has 0 N–H and O–H groups in total. The minimum Gasteiger partial charge on any atom is -0.321 e. The summed E-state index contributed by atoms with van der Waals surface area (Å²) >= 11 is 0. The van der Waals surface area contributed by atoms with E-state index in [1.54, 1.807) is 0 Å². The summed E-state index contributed by atoms with van der Waals surface area (Å²) in [4.78, 5) is 16.6. The Bertz CT molecular complexity index is 584. The van der Waals surface area contributed by atoms with Crippen molar-refractivity contribution < 1.29 is 4.79 Å². The van der Waals surface area contributed by atoms with Crippen molar-refractivity contribution in [2.75, 3.05) is 0 Å². The molecule has 2 aromatic rings. The summed E-state index contributed by atoms with van der Waals surface area (Å²) in [5, 5.41) is 0. The van der Waals surface area contributed by atoms with Gasteiger partial charge in [-0.1, -0.05) is 30.3 Å². The monoisotopic (exact) mass is 240 g/mol. The summed E-state index contributed by atoms with van der Waals surface area (Å²) in [6.07, 6.45) is 2.53. The quantitative estimate of drug-likeness (QED) is 0.809. The lowest BCUT2D eigenvalue weighted by Crippen LogP contribution is -2.16. The van der Waals surface area contributed by atoms with Crippen molar-refractivity contribution in [3.63, 3.8) is 0 Å². The third-order valence-electron chi connectivity index (χ3n) is 3.50. The highest BCUT2D eigenvalue weighted by Gasteiger charge is 2.24. The predicted octanol–water partition coefficient (Wildman–Crippen LogP) is 2.76. The van der Waals surface area contributed by atoms with Gasteiger partial charge in [-0.3, -0.25) is 4.79 Å². The second-order valence-electron chi connectivity index (χ2n) is 4.80. The number of nitrogens with zero attached hydrogens (tertiary/aromatic N) is 2. The van der Waals surface area contributed by atoms with Gasteiger partial charge in [0.25, 0.3) is 0 Å². The van der Waals surface area contributed by atoms with Gasteiger partial charge in [0.1, 0.15) is 11.5 Å². The Balaban J connectivity index is 2.02. The summed E-state index contributed by atoms with van der Waals surface area (Å²) in [5.41, 5.74) is 3.03. The average Bonchev–Trinajstić information content (AvgIpc) is 2.69. The minimum absolute atomic E-state index is 0.243. The van der Waals surface area contributed by atoms with Gasteiger partial charge >= 0.3 is 0 Å². The molecule has 0 spiro atoms. The second kappa shape index (κ2) is 4.41. The molecule has 1 aromatic heterocycles. The van der Waals surface area contributed by atoms with Crippen LogP contribution in [0.2, 0.25) is 0 Å². The number of Topliss-reactive ketones (excluding diaryl/α,β-unsaturated/α-hetero) is 1. The summed E-state index contributed by atoms with van der Waals surface area (Å²) < 4.78 is 2.06. The summed E-state index contributed by atoms with van der Waals surface area (Å²) in [6, 6.07) is 10.2. The molecule has 0 radical (unpaired) electrons. The van der Waals surface area contributed by atoms with Crippen molar-refractivity contribution in [2.24, 2.45) is 0 Å². The number of aryl methyl sites for hydroxylation is 2. The molecular formula is C15H16N2O. The van der Waals surface area contributed by atoms with E-state index in [0.29, 0.717) is 6.42 Å². The first-order valence-electron chi connectivity index (χ1n) is 6.39. The first kappa shape index (κ1) is 11.2. The number of carbonyl (C=O) groups is 1. The van der Waals surface area contributed by atoms with Gasteiger partial charge in [-0.2, -0.15) is 0 Å². The SMILES string of the molecule is Cc1nc2c(n1Cc1ccccc1)C(=O)CCC2. The molecule has 0 aliphatic heterocycles. The molecule has 1 heterocycles. The number of hydrogen-bond donors (Lipinski definition) is 0. The Morgan fingerprint density at radius 2 is 2.00 bits per heavy atom. The number of aromatic nitrogens is 2. The van der Waals surface area contributed by atoms with Gasteiger partial charge in [0.2, 0.25) is 0 Å². The van der Waals surface area contributed by atoms with Gasteiger partial charge in [0.15, 0.2) is 5.78 Å². The first-order chi connectivity index (χ1) is 8.75. The molecule has 1 aliphatic carbocycles. The molecule has 0 amide bonds. The topological polar surface area (TPSA) is 34.9 Å². The molecule has 0 atom stereocenters. The maximum absolute atomic E-state index is 12.0. The van der Waals surface area contributed by atoms with E-state index >= 15 is 0 Å². The largest absolute Gasteiger partial charge is 0.321 e. The molecule has 92 valence electrons. The fraction of sp³-hybridized carbons (Fsp3) is 0.333. The summed E-state index contributed by atoms with van der Waals surface area (Å²) in [7, 11) is 0. The van der Waals surface area contributed by atoms with Crippen LogP contribution < -0.4 is 0 Å². The second-order valence-corrected chi connectivity index (χ2v) is 4.80. The van der Waals surface area contributed by atoms with Gasteiger partial charge < -0.3 is 4.57 Å². The standard InChI is InChI=1S/C15H16N2O/c1-11-16-13-8-5-9-14(18)15(13)17(11)10-12-6-3-2-4-7-12/h2-4,6-7H,5,8-10H2,1H3. The predicted molar refractivity (Wildman–Crippen MR) is 69.8 cm³/mol. The Kier molecular flexibility index (Phi) is 2.74. The summed E-state index contributed by atoms with van der Waals surface area (Å²) in [6.45, 7) is 2.72. The van der Waals surface area contributed by atoms with Crippen molar-refractivity contribution in [1.29, 1.82) is 0 Å². The third kappa shape index (κ3) is 1.86. The molecule has 18 heavy (non-hydrogen) atoms. The van der Waals surface area contributed by atoms with E-state index in [2.05, 4.69) is 21.7 Å². The minimum atomic E-state index is 0.243. The van der Waals surface area contributed by atoms with Gasteiger partial charge in [0.05, 0.1) is 5.69 Å². The number of hydrogen-bond acceptors (Lipinski definition) is 2. The van der Waals surface area contributed by atoms with E-state index in [1.165, 1.54) is 5.56 Å². The van der Waals surface area contributed by atoms with Crippen LogP contribution in [0, 0.1) is 6.92 Å². The van der Waals surface area contributed by atoms with Crippen molar-refractivity contribution in [1.82, 2.24) is 9.55 Å². The summed E-state index contributed by atoms with van der Waals surface area (Å²) in [5.74, 6) is 1.19. The zero-order chi connectivity index (χ0) is 12.5. The highest BCUT2D eigenvalue weighted by molar-refractivity contribution is 5.96. The van der Waals surface area contributed by atoms with Crippen LogP contribution in [0.1, 0.15) is 40.4 Å². The molecule has 0 unspecified atom stereocenters. The number of fused-ring (bicyclic) bond motifs is 1. The van der Waals surface area contributed by atoms with E-state index in [-0.39, 0.29) is 5.78 Å². The Morgan fingerprint density at radius 1 is 1.22 bits per heavy atom. The van der Waals surface area contributed by atoms with Crippen molar-refractivity contribution >= 4 is 5.78 Å². The van der Waals surface area contributed by atoms with Crippen molar-refractivity contribution in [3.05, 3.63) is 53.1 Å². The van der Waals surface area contributed by atoms with E-state index in [1.807, 2.05) is 25.1 Å². The van der Waals surface area contributed by atoms with E-state index in [4.69, 9.17) is 0 Å². The van der Waals surface area contributed by atoms with Crippen LogP contribution in [0.3, 0.4) is 0 Å². The van der Waals surface area contributed by atoms with Crippen LogP contribution in [-0.2, 0) is 13.0 Å². The fourth-order valence-electron chi connectivity index (χ4n) is 2.61. The van der Waals surface area contributed by atoms with Gasteiger partial charge in [-0.05, 0) is 25.3 Å². The lowest BCUT2D eigenvalue weighted by atomic mass is 10.00. The molecule has 3 heteroatoms. The smallest absolute Gasteiger partial charge is 0.181 e. The van der Waals surface area contributed by atoms with Crippen LogP contribution in [0.4, 0.5) is 0 Å². The number of imidazole rings is 1. The molecule has 0 fully saturated rings.